The molecule has 0 amide bonds. The monoisotopic (exact) mass is 511 g/mol. The Bertz CT molecular complexity index is 2450. The van der Waals surface area contributed by atoms with Crippen LogP contribution in [0, 0.1) is 0 Å². The van der Waals surface area contributed by atoms with Crippen LogP contribution in [0.1, 0.15) is 0 Å². The highest BCUT2D eigenvalue weighted by Gasteiger charge is 2.20. The Hall–Kier alpha value is -4.79. The van der Waals surface area contributed by atoms with Gasteiger partial charge in [0.1, 0.15) is 0 Å². The van der Waals surface area contributed by atoms with Gasteiger partial charge in [0.05, 0.1) is 15.7 Å². The van der Waals surface area contributed by atoms with Crippen LogP contribution in [0.25, 0.3) is 85.4 Å². The topological polar surface area (TPSA) is 12.9 Å². The highest BCUT2D eigenvalue weighted by atomic mass is 32.1. The molecule has 0 N–H and O–H groups in total. The van der Waals surface area contributed by atoms with E-state index in [0.717, 1.165) is 11.0 Å². The summed E-state index contributed by atoms with van der Waals surface area (Å²) in [4.78, 5) is 5.20. The highest BCUT2D eigenvalue weighted by molar-refractivity contribution is 7.26. The van der Waals surface area contributed by atoms with Crippen molar-refractivity contribution in [2.24, 2.45) is 0 Å². The molecular formula is C37H21NS. The van der Waals surface area contributed by atoms with Crippen molar-refractivity contribution in [3.63, 3.8) is 0 Å². The summed E-state index contributed by atoms with van der Waals surface area (Å²) < 4.78 is 2.53. The van der Waals surface area contributed by atoms with E-state index >= 15 is 0 Å². The molecule has 2 heterocycles. The molecule has 39 heavy (non-hydrogen) atoms. The molecule has 0 radical (unpaired) electrons. The average Bonchev–Trinajstić information content (AvgIpc) is 3.37. The number of benzene rings is 7. The minimum atomic E-state index is 1.04. The second-order valence-corrected chi connectivity index (χ2v) is 11.3. The van der Waals surface area contributed by atoms with Gasteiger partial charge in [-0.1, -0.05) is 109 Å². The number of thiophene rings is 1. The molecule has 9 rings (SSSR count). The predicted octanol–water partition coefficient (Wildman–Crippen LogP) is 10.9. The lowest BCUT2D eigenvalue weighted by molar-refractivity contribution is 1.53. The van der Waals surface area contributed by atoms with Crippen molar-refractivity contribution in [2.75, 3.05) is 0 Å². The van der Waals surface area contributed by atoms with E-state index in [1.54, 1.807) is 0 Å². The molecule has 7 aromatic carbocycles. The molecule has 0 atom stereocenters. The molecule has 0 unspecified atom stereocenters. The molecule has 0 spiro atoms. The van der Waals surface area contributed by atoms with E-state index in [1.807, 2.05) is 11.3 Å². The number of para-hydroxylation sites is 1. The predicted molar refractivity (Wildman–Crippen MR) is 170 cm³/mol. The summed E-state index contributed by atoms with van der Waals surface area (Å²) in [5.41, 5.74) is 4.69. The maximum absolute atomic E-state index is 5.20. The van der Waals surface area contributed by atoms with Crippen LogP contribution < -0.4 is 0 Å². The molecule has 1 nitrogen and oxygen atoms in total. The zero-order valence-electron chi connectivity index (χ0n) is 21.0. The summed E-state index contributed by atoms with van der Waals surface area (Å²) in [5.74, 6) is 0. The van der Waals surface area contributed by atoms with E-state index in [9.17, 15) is 0 Å². The molecule has 0 aliphatic heterocycles. The van der Waals surface area contributed by atoms with Gasteiger partial charge in [-0.25, -0.2) is 4.98 Å². The average molecular weight is 512 g/mol. The lowest BCUT2D eigenvalue weighted by Gasteiger charge is -2.17. The summed E-state index contributed by atoms with van der Waals surface area (Å²) in [7, 11) is 0. The Morgan fingerprint density at radius 2 is 0.949 bits per heavy atom. The van der Waals surface area contributed by atoms with Crippen LogP contribution in [0.15, 0.2) is 127 Å². The SMILES string of the molecule is c1ccc2c(-c3cc4c5ccccc5c5ccccc5c4c4ccccc34)c3sc4ccccc4c3nc2c1. The van der Waals surface area contributed by atoms with Crippen molar-refractivity contribution in [1.82, 2.24) is 4.98 Å². The molecule has 0 saturated carbocycles. The van der Waals surface area contributed by atoms with Gasteiger partial charge in [0.15, 0.2) is 0 Å². The second kappa shape index (κ2) is 7.86. The van der Waals surface area contributed by atoms with Gasteiger partial charge in [-0.2, -0.15) is 0 Å². The van der Waals surface area contributed by atoms with Crippen molar-refractivity contribution in [3.8, 4) is 11.1 Å². The van der Waals surface area contributed by atoms with Crippen LogP contribution in [0.5, 0.6) is 0 Å². The zero-order valence-corrected chi connectivity index (χ0v) is 21.8. The fraction of sp³-hybridized carbons (Fsp3) is 0. The van der Waals surface area contributed by atoms with E-state index in [2.05, 4.69) is 127 Å². The Morgan fingerprint density at radius 1 is 0.436 bits per heavy atom. The van der Waals surface area contributed by atoms with Gasteiger partial charge >= 0.3 is 0 Å². The first kappa shape index (κ1) is 21.2. The minimum absolute atomic E-state index is 1.04. The van der Waals surface area contributed by atoms with Crippen LogP contribution in [0.4, 0.5) is 0 Å². The molecule has 0 saturated heterocycles. The lowest BCUT2D eigenvalue weighted by atomic mass is 9.87. The van der Waals surface area contributed by atoms with E-state index in [-0.39, 0.29) is 0 Å². The first-order chi connectivity index (χ1) is 19.4. The smallest absolute Gasteiger partial charge is 0.0902 e. The molecule has 0 aliphatic carbocycles. The van der Waals surface area contributed by atoms with E-state index in [4.69, 9.17) is 4.98 Å². The fourth-order valence-electron chi connectivity index (χ4n) is 6.58. The van der Waals surface area contributed by atoms with Gasteiger partial charge in [0.25, 0.3) is 0 Å². The van der Waals surface area contributed by atoms with Crippen molar-refractivity contribution >= 4 is 85.6 Å². The number of aromatic nitrogens is 1. The third kappa shape index (κ3) is 2.87. The maximum atomic E-state index is 5.20. The third-order valence-corrected chi connectivity index (χ3v) is 9.40. The molecule has 180 valence electrons. The number of rotatable bonds is 1. The van der Waals surface area contributed by atoms with Gasteiger partial charge in [-0.3, -0.25) is 0 Å². The Kier molecular flexibility index (Phi) is 4.27. The van der Waals surface area contributed by atoms with E-state index < -0.39 is 0 Å². The van der Waals surface area contributed by atoms with Crippen LogP contribution in [0.2, 0.25) is 0 Å². The quantitative estimate of drug-likeness (QED) is 0.200. The summed E-state index contributed by atoms with van der Waals surface area (Å²) in [6, 6.07) is 46.4. The fourth-order valence-corrected chi connectivity index (χ4v) is 7.79. The number of pyridine rings is 1. The highest BCUT2D eigenvalue weighted by Crippen LogP contribution is 2.48. The van der Waals surface area contributed by atoms with Gasteiger partial charge in [0, 0.05) is 21.0 Å². The first-order valence-electron chi connectivity index (χ1n) is 13.3. The molecular weight excluding hydrogens is 490 g/mol. The normalized spacial score (nSPS) is 12.1. The largest absolute Gasteiger partial charge is 0.246 e. The molecule has 9 aromatic rings. The van der Waals surface area contributed by atoms with E-state index in [0.29, 0.717) is 0 Å². The first-order valence-corrected chi connectivity index (χ1v) is 14.1. The summed E-state index contributed by atoms with van der Waals surface area (Å²) >= 11 is 1.86. The standard InChI is InChI=1S/C37H21NS/c1-2-13-24-22(11-1)23-12-3-5-15-26(23)34-27-16-6-4-14-25(27)31(21-30(24)34)35-28-17-7-9-19-32(28)38-36-29-18-8-10-20-33(29)39-37(35)36/h1-21H. The summed E-state index contributed by atoms with van der Waals surface area (Å²) in [5, 5.41) is 12.8. The van der Waals surface area contributed by atoms with Crippen LogP contribution in [0.3, 0.4) is 0 Å². The van der Waals surface area contributed by atoms with Gasteiger partial charge in [-0.05, 0) is 66.9 Å². The second-order valence-electron chi connectivity index (χ2n) is 10.3. The minimum Gasteiger partial charge on any atom is -0.246 e. The van der Waals surface area contributed by atoms with Gasteiger partial charge in [-0.15, -0.1) is 11.3 Å². The molecule has 2 heteroatoms. The molecule has 0 aliphatic rings. The van der Waals surface area contributed by atoms with Crippen molar-refractivity contribution in [1.29, 1.82) is 0 Å². The number of fused-ring (bicyclic) bond motifs is 12. The lowest BCUT2D eigenvalue weighted by Crippen LogP contribution is -1.91. The molecule has 0 fully saturated rings. The van der Waals surface area contributed by atoms with Crippen molar-refractivity contribution < 1.29 is 0 Å². The van der Waals surface area contributed by atoms with Gasteiger partial charge < -0.3 is 0 Å². The van der Waals surface area contributed by atoms with Crippen LogP contribution in [-0.2, 0) is 0 Å². The number of hydrogen-bond donors (Lipinski definition) is 0. The van der Waals surface area contributed by atoms with Crippen molar-refractivity contribution in [3.05, 3.63) is 127 Å². The Morgan fingerprint density at radius 3 is 1.69 bits per heavy atom. The number of hydrogen-bond acceptors (Lipinski definition) is 2. The number of nitrogens with zero attached hydrogens (tertiary/aromatic N) is 1. The zero-order chi connectivity index (χ0) is 25.5. The Balaban J connectivity index is 1.58. The molecule has 0 bridgehead atoms. The third-order valence-electron chi connectivity index (χ3n) is 8.22. The van der Waals surface area contributed by atoms with Gasteiger partial charge in [0.2, 0.25) is 0 Å². The summed E-state index contributed by atoms with van der Waals surface area (Å²) in [6.07, 6.45) is 0. The van der Waals surface area contributed by atoms with Crippen LogP contribution in [-0.4, -0.2) is 4.98 Å². The van der Waals surface area contributed by atoms with Crippen LogP contribution >= 0.6 is 11.3 Å². The van der Waals surface area contributed by atoms with E-state index in [1.165, 1.54) is 74.4 Å². The molecule has 2 aromatic heterocycles. The van der Waals surface area contributed by atoms with Crippen molar-refractivity contribution in [2.45, 2.75) is 0 Å². The maximum Gasteiger partial charge on any atom is 0.0902 e. The summed E-state index contributed by atoms with van der Waals surface area (Å²) in [6.45, 7) is 0. The Labute approximate surface area is 228 Å².